The first-order valence-corrected chi connectivity index (χ1v) is 10.3. The third kappa shape index (κ3) is 5.31. The van der Waals surface area contributed by atoms with Crippen LogP contribution in [-0.2, 0) is 11.2 Å². The van der Waals surface area contributed by atoms with E-state index < -0.39 is 11.6 Å². The maximum Gasteiger partial charge on any atom is 0.322 e. The van der Waals surface area contributed by atoms with Crippen molar-refractivity contribution in [2.45, 2.75) is 32.2 Å². The summed E-state index contributed by atoms with van der Waals surface area (Å²) in [5.74, 6) is -0.330. The molecule has 0 spiro atoms. The van der Waals surface area contributed by atoms with Crippen LogP contribution in [0.25, 0.3) is 0 Å². The first-order valence-electron chi connectivity index (χ1n) is 10.3. The molecule has 2 N–H and O–H groups in total. The Morgan fingerprint density at radius 3 is 2.58 bits per heavy atom. The summed E-state index contributed by atoms with van der Waals surface area (Å²) in [7, 11) is 0. The van der Waals surface area contributed by atoms with Crippen LogP contribution in [0.2, 0.25) is 0 Å². The Kier molecular flexibility index (Phi) is 6.75. The number of hydrogen-bond acceptors (Lipinski definition) is 3. The molecule has 0 saturated carbocycles. The standard InChI is InChI=1S/C26H29N3O2/c1-5-8-22(17-23-13-11-19(2)12-14-23)10-6-15-26(24(30)27-25(31)28-26)18-29-16-7-9-20(3)21(29)4/h5-14,16H,1,4,15,17-18H2,2-3H3,(H2,27,28,30,31)/b10-6-,22-8+. The zero-order chi connectivity index (χ0) is 22.4. The van der Waals surface area contributed by atoms with Crippen molar-refractivity contribution in [1.29, 1.82) is 0 Å². The number of rotatable bonds is 8. The molecular formula is C26H29N3O2. The topological polar surface area (TPSA) is 61.4 Å². The summed E-state index contributed by atoms with van der Waals surface area (Å²) in [6, 6.07) is 7.92. The van der Waals surface area contributed by atoms with Crippen molar-refractivity contribution >= 4 is 11.9 Å². The van der Waals surface area contributed by atoms with Crippen LogP contribution in [0.15, 0.2) is 96.9 Å². The minimum Gasteiger partial charge on any atom is -0.345 e. The highest BCUT2D eigenvalue weighted by atomic mass is 16.2. The summed E-state index contributed by atoms with van der Waals surface area (Å²) in [6.45, 7) is 12.2. The van der Waals surface area contributed by atoms with Gasteiger partial charge in [0.15, 0.2) is 0 Å². The van der Waals surface area contributed by atoms with Gasteiger partial charge in [-0.3, -0.25) is 10.1 Å². The molecule has 2 heterocycles. The third-order valence-electron chi connectivity index (χ3n) is 5.53. The number of carbonyl (C=O) groups is 2. The monoisotopic (exact) mass is 415 g/mol. The zero-order valence-electron chi connectivity index (χ0n) is 18.2. The normalized spacial score (nSPS) is 21.4. The Labute approximate surface area is 184 Å². The maximum atomic E-state index is 12.7. The zero-order valence-corrected chi connectivity index (χ0v) is 18.2. The molecule has 0 bridgehead atoms. The SMILES string of the molecule is C=C/C=C(\C=C/CC1(CN2C=CC=C(C)C2=C)NC(=O)NC1=O)Cc1ccc(C)cc1. The molecule has 160 valence electrons. The number of allylic oxidation sites excluding steroid dienone is 7. The second kappa shape index (κ2) is 9.47. The van der Waals surface area contributed by atoms with Crippen LogP contribution in [0.5, 0.6) is 0 Å². The molecule has 1 atom stereocenters. The predicted octanol–water partition coefficient (Wildman–Crippen LogP) is 4.46. The number of nitrogens with zero attached hydrogens (tertiary/aromatic N) is 1. The van der Waals surface area contributed by atoms with E-state index >= 15 is 0 Å². The lowest BCUT2D eigenvalue weighted by Gasteiger charge is -2.34. The molecule has 3 rings (SSSR count). The minimum atomic E-state index is -1.07. The van der Waals surface area contributed by atoms with Gasteiger partial charge in [-0.1, -0.05) is 73.4 Å². The number of imide groups is 1. The van der Waals surface area contributed by atoms with Crippen LogP contribution < -0.4 is 10.6 Å². The fraction of sp³-hybridized carbons (Fsp3) is 0.231. The van der Waals surface area contributed by atoms with E-state index in [9.17, 15) is 9.59 Å². The Bertz CT molecular complexity index is 1010. The number of hydrogen-bond donors (Lipinski definition) is 2. The molecule has 3 amide bonds. The summed E-state index contributed by atoms with van der Waals surface area (Å²) >= 11 is 0. The molecule has 1 aromatic carbocycles. The first-order chi connectivity index (χ1) is 14.8. The molecule has 1 fully saturated rings. The number of carbonyl (C=O) groups excluding carboxylic acids is 2. The summed E-state index contributed by atoms with van der Waals surface area (Å²) in [6.07, 6.45) is 14.5. The van der Waals surface area contributed by atoms with Crippen molar-refractivity contribution in [3.05, 3.63) is 108 Å². The summed E-state index contributed by atoms with van der Waals surface area (Å²) < 4.78 is 0. The Balaban J connectivity index is 1.77. The molecule has 2 aliphatic heterocycles. The van der Waals surface area contributed by atoms with Crippen LogP contribution in [0.3, 0.4) is 0 Å². The van der Waals surface area contributed by atoms with Crippen LogP contribution in [0.1, 0.15) is 24.5 Å². The van der Waals surface area contributed by atoms with Gasteiger partial charge in [0.1, 0.15) is 5.54 Å². The molecule has 5 nitrogen and oxygen atoms in total. The molecule has 5 heteroatoms. The van der Waals surface area contributed by atoms with Gasteiger partial charge in [-0.05, 0) is 49.5 Å². The van der Waals surface area contributed by atoms with Crippen molar-refractivity contribution in [2.75, 3.05) is 6.54 Å². The van der Waals surface area contributed by atoms with Gasteiger partial charge >= 0.3 is 6.03 Å². The van der Waals surface area contributed by atoms with Crippen molar-refractivity contribution in [3.8, 4) is 0 Å². The number of benzene rings is 1. The maximum absolute atomic E-state index is 12.7. The van der Waals surface area contributed by atoms with Crippen molar-refractivity contribution in [3.63, 3.8) is 0 Å². The van der Waals surface area contributed by atoms with E-state index in [-0.39, 0.29) is 5.91 Å². The Morgan fingerprint density at radius 1 is 1.19 bits per heavy atom. The Morgan fingerprint density at radius 2 is 1.94 bits per heavy atom. The van der Waals surface area contributed by atoms with E-state index in [0.717, 1.165) is 23.3 Å². The molecule has 31 heavy (non-hydrogen) atoms. The largest absolute Gasteiger partial charge is 0.345 e. The number of nitrogens with one attached hydrogen (secondary N) is 2. The molecule has 0 aliphatic carbocycles. The first kappa shape index (κ1) is 22.1. The van der Waals surface area contributed by atoms with E-state index in [2.05, 4.69) is 55.0 Å². The molecule has 1 saturated heterocycles. The van der Waals surface area contributed by atoms with Gasteiger partial charge in [0.25, 0.3) is 5.91 Å². The summed E-state index contributed by atoms with van der Waals surface area (Å²) in [4.78, 5) is 26.6. The van der Waals surface area contributed by atoms with Crippen LogP contribution in [-0.4, -0.2) is 28.9 Å². The highest BCUT2D eigenvalue weighted by Crippen LogP contribution is 2.25. The van der Waals surface area contributed by atoms with E-state index in [1.165, 1.54) is 11.1 Å². The molecule has 0 aromatic heterocycles. The van der Waals surface area contributed by atoms with Gasteiger partial charge in [-0.25, -0.2) is 4.79 Å². The fourth-order valence-electron chi connectivity index (χ4n) is 3.67. The van der Waals surface area contributed by atoms with Gasteiger partial charge in [-0.15, -0.1) is 0 Å². The third-order valence-corrected chi connectivity index (χ3v) is 5.53. The smallest absolute Gasteiger partial charge is 0.322 e. The number of amides is 3. The lowest BCUT2D eigenvalue weighted by molar-refractivity contribution is -0.124. The number of aryl methyl sites for hydroxylation is 1. The van der Waals surface area contributed by atoms with Crippen LogP contribution >= 0.6 is 0 Å². The van der Waals surface area contributed by atoms with Gasteiger partial charge in [-0.2, -0.15) is 0 Å². The molecular weight excluding hydrogens is 386 g/mol. The molecule has 1 unspecified atom stereocenters. The van der Waals surface area contributed by atoms with E-state index in [1.54, 1.807) is 6.08 Å². The fourth-order valence-corrected chi connectivity index (χ4v) is 3.67. The molecule has 2 aliphatic rings. The van der Waals surface area contributed by atoms with Crippen molar-refractivity contribution in [2.24, 2.45) is 0 Å². The molecule has 0 radical (unpaired) electrons. The summed E-state index contributed by atoms with van der Waals surface area (Å²) in [5.41, 5.74) is 4.25. The second-order valence-electron chi connectivity index (χ2n) is 8.00. The quantitative estimate of drug-likeness (QED) is 0.487. The minimum absolute atomic E-state index is 0.299. The van der Waals surface area contributed by atoms with Gasteiger partial charge < -0.3 is 10.2 Å². The lowest BCUT2D eigenvalue weighted by Crippen LogP contribution is -2.54. The highest BCUT2D eigenvalue weighted by molar-refractivity contribution is 6.07. The Hall–Kier alpha value is -3.60. The van der Waals surface area contributed by atoms with Gasteiger partial charge in [0.2, 0.25) is 0 Å². The predicted molar refractivity (Wildman–Crippen MR) is 125 cm³/mol. The molecule has 1 aromatic rings. The average Bonchev–Trinajstić information content (AvgIpc) is 3.00. The van der Waals surface area contributed by atoms with Crippen LogP contribution in [0.4, 0.5) is 4.79 Å². The van der Waals surface area contributed by atoms with Crippen LogP contribution in [0, 0.1) is 6.92 Å². The van der Waals surface area contributed by atoms with Gasteiger partial charge in [0.05, 0.1) is 6.54 Å². The van der Waals surface area contributed by atoms with E-state index in [4.69, 9.17) is 0 Å². The van der Waals surface area contributed by atoms with Crippen molar-refractivity contribution in [1.82, 2.24) is 15.5 Å². The number of urea groups is 1. The summed E-state index contributed by atoms with van der Waals surface area (Å²) in [5, 5.41) is 5.22. The van der Waals surface area contributed by atoms with E-state index in [1.807, 2.05) is 48.4 Å². The average molecular weight is 416 g/mol. The second-order valence-corrected chi connectivity index (χ2v) is 8.00. The van der Waals surface area contributed by atoms with Crippen molar-refractivity contribution < 1.29 is 9.59 Å². The van der Waals surface area contributed by atoms with Gasteiger partial charge in [0, 0.05) is 11.9 Å². The lowest BCUT2D eigenvalue weighted by atomic mass is 9.92. The highest BCUT2D eigenvalue weighted by Gasteiger charge is 2.46. The van der Waals surface area contributed by atoms with E-state index in [0.29, 0.717) is 13.0 Å².